The Kier molecular flexibility index (Phi) is 3.51. The third kappa shape index (κ3) is 1.95. The summed E-state index contributed by atoms with van der Waals surface area (Å²) in [4.78, 5) is 14.1. The van der Waals surface area contributed by atoms with Crippen LogP contribution in [0.2, 0.25) is 5.02 Å². The van der Waals surface area contributed by atoms with Crippen molar-refractivity contribution in [3.63, 3.8) is 0 Å². The zero-order chi connectivity index (χ0) is 14.3. The number of hydrogen-bond acceptors (Lipinski definition) is 2. The van der Waals surface area contributed by atoms with Crippen LogP contribution in [0, 0.1) is 0 Å². The van der Waals surface area contributed by atoms with Gasteiger partial charge in [0.1, 0.15) is 5.54 Å². The standard InChI is InChI=1S/C16H20ClNO2/c1-2-16(15(19)20)8-3-9-18(16)14-7-4-11-10-12(17)5-6-13(11)14/h5-6,10,14H,2-4,7-9H2,1H3,(H,19,20). The van der Waals surface area contributed by atoms with Gasteiger partial charge in [-0.05, 0) is 61.9 Å². The summed E-state index contributed by atoms with van der Waals surface area (Å²) in [6, 6.07) is 6.27. The van der Waals surface area contributed by atoms with E-state index in [4.69, 9.17) is 11.6 Å². The van der Waals surface area contributed by atoms with Gasteiger partial charge in [0.15, 0.2) is 0 Å². The zero-order valence-electron chi connectivity index (χ0n) is 11.7. The Morgan fingerprint density at radius 2 is 2.35 bits per heavy atom. The Morgan fingerprint density at radius 3 is 3.05 bits per heavy atom. The summed E-state index contributed by atoms with van der Waals surface area (Å²) in [5.74, 6) is -0.667. The van der Waals surface area contributed by atoms with Gasteiger partial charge in [-0.2, -0.15) is 0 Å². The Hall–Kier alpha value is -1.06. The van der Waals surface area contributed by atoms with E-state index in [2.05, 4.69) is 11.0 Å². The lowest BCUT2D eigenvalue weighted by Gasteiger charge is -2.38. The van der Waals surface area contributed by atoms with Crippen molar-refractivity contribution in [2.24, 2.45) is 0 Å². The van der Waals surface area contributed by atoms with Crippen LogP contribution in [0.4, 0.5) is 0 Å². The normalized spacial score (nSPS) is 29.6. The van der Waals surface area contributed by atoms with E-state index < -0.39 is 11.5 Å². The Labute approximate surface area is 124 Å². The zero-order valence-corrected chi connectivity index (χ0v) is 12.5. The summed E-state index contributed by atoms with van der Waals surface area (Å²) in [6.45, 7) is 2.87. The number of fused-ring (bicyclic) bond motifs is 1. The van der Waals surface area contributed by atoms with Gasteiger partial charge in [0.25, 0.3) is 0 Å². The fourth-order valence-electron chi connectivity index (χ4n) is 4.00. The Morgan fingerprint density at radius 1 is 1.55 bits per heavy atom. The predicted molar refractivity (Wildman–Crippen MR) is 79.1 cm³/mol. The maximum absolute atomic E-state index is 11.8. The molecule has 1 aromatic rings. The minimum atomic E-state index is -0.675. The van der Waals surface area contributed by atoms with Crippen LogP contribution in [0.3, 0.4) is 0 Å². The lowest BCUT2D eigenvalue weighted by atomic mass is 9.91. The van der Waals surface area contributed by atoms with Gasteiger partial charge in [-0.25, -0.2) is 0 Å². The van der Waals surface area contributed by atoms with Crippen molar-refractivity contribution >= 4 is 17.6 Å². The first kappa shape index (κ1) is 13.9. The number of aryl methyl sites for hydroxylation is 1. The van der Waals surface area contributed by atoms with E-state index in [0.717, 1.165) is 37.3 Å². The molecule has 2 unspecified atom stereocenters. The highest BCUT2D eigenvalue weighted by Crippen LogP contribution is 2.45. The molecule has 0 bridgehead atoms. The topological polar surface area (TPSA) is 40.5 Å². The van der Waals surface area contributed by atoms with Gasteiger partial charge in [-0.3, -0.25) is 9.69 Å². The summed E-state index contributed by atoms with van der Waals surface area (Å²) in [5, 5.41) is 10.5. The van der Waals surface area contributed by atoms with Crippen LogP contribution in [-0.4, -0.2) is 28.1 Å². The molecule has 1 fully saturated rings. The van der Waals surface area contributed by atoms with Crippen molar-refractivity contribution in [2.75, 3.05) is 6.54 Å². The van der Waals surface area contributed by atoms with Gasteiger partial charge in [-0.15, -0.1) is 0 Å². The maximum Gasteiger partial charge on any atom is 0.324 e. The first-order valence-corrected chi connectivity index (χ1v) is 7.75. The third-order valence-corrected chi connectivity index (χ3v) is 5.28. The number of carboxylic acids is 1. The molecule has 3 rings (SSSR count). The predicted octanol–water partition coefficient (Wildman–Crippen LogP) is 3.66. The fourth-order valence-corrected chi connectivity index (χ4v) is 4.20. The van der Waals surface area contributed by atoms with Crippen LogP contribution in [0.25, 0.3) is 0 Å². The van der Waals surface area contributed by atoms with Gasteiger partial charge >= 0.3 is 5.97 Å². The molecule has 0 radical (unpaired) electrons. The number of benzene rings is 1. The van der Waals surface area contributed by atoms with Gasteiger partial charge in [0, 0.05) is 11.1 Å². The summed E-state index contributed by atoms with van der Waals surface area (Å²) < 4.78 is 0. The van der Waals surface area contributed by atoms with Crippen molar-refractivity contribution in [1.82, 2.24) is 4.90 Å². The van der Waals surface area contributed by atoms with Crippen molar-refractivity contribution in [2.45, 2.75) is 50.6 Å². The second-order valence-corrected chi connectivity index (χ2v) is 6.32. The smallest absolute Gasteiger partial charge is 0.324 e. The van der Waals surface area contributed by atoms with Gasteiger partial charge in [-0.1, -0.05) is 24.6 Å². The molecule has 0 spiro atoms. The molecule has 0 saturated carbocycles. The Balaban J connectivity index is 1.97. The SMILES string of the molecule is CCC1(C(=O)O)CCCN1C1CCc2cc(Cl)ccc21. The van der Waals surface area contributed by atoms with E-state index in [1.165, 1.54) is 11.1 Å². The molecule has 108 valence electrons. The molecule has 2 aliphatic rings. The van der Waals surface area contributed by atoms with Gasteiger partial charge < -0.3 is 5.11 Å². The highest BCUT2D eigenvalue weighted by Gasteiger charge is 2.50. The minimum absolute atomic E-state index is 0.237. The maximum atomic E-state index is 11.8. The van der Waals surface area contributed by atoms with Crippen molar-refractivity contribution in [3.8, 4) is 0 Å². The van der Waals surface area contributed by atoms with E-state index in [1.807, 2.05) is 19.1 Å². The molecule has 1 saturated heterocycles. The molecule has 1 aliphatic carbocycles. The molecule has 1 heterocycles. The van der Waals surface area contributed by atoms with E-state index in [-0.39, 0.29) is 6.04 Å². The number of halogens is 1. The highest BCUT2D eigenvalue weighted by atomic mass is 35.5. The summed E-state index contributed by atoms with van der Waals surface area (Å²) in [5.41, 5.74) is 1.88. The number of rotatable bonds is 3. The second kappa shape index (κ2) is 5.05. The van der Waals surface area contributed by atoms with Crippen LogP contribution in [0.1, 0.15) is 49.8 Å². The highest BCUT2D eigenvalue weighted by molar-refractivity contribution is 6.30. The minimum Gasteiger partial charge on any atom is -0.480 e. The molecule has 1 aromatic carbocycles. The first-order valence-electron chi connectivity index (χ1n) is 7.37. The molecular weight excluding hydrogens is 274 g/mol. The van der Waals surface area contributed by atoms with Crippen molar-refractivity contribution < 1.29 is 9.90 Å². The Bertz CT molecular complexity index is 545. The number of carbonyl (C=O) groups is 1. The molecule has 20 heavy (non-hydrogen) atoms. The second-order valence-electron chi connectivity index (χ2n) is 5.88. The van der Waals surface area contributed by atoms with Gasteiger partial charge in [0.2, 0.25) is 0 Å². The lowest BCUT2D eigenvalue weighted by molar-refractivity contribution is -0.151. The number of carboxylic acid groups (broad SMARTS) is 1. The molecular formula is C16H20ClNO2. The van der Waals surface area contributed by atoms with E-state index in [0.29, 0.717) is 6.42 Å². The van der Waals surface area contributed by atoms with E-state index >= 15 is 0 Å². The number of nitrogens with zero attached hydrogens (tertiary/aromatic N) is 1. The molecule has 0 aromatic heterocycles. The van der Waals surface area contributed by atoms with Gasteiger partial charge in [0.05, 0.1) is 0 Å². The average Bonchev–Trinajstić information content (AvgIpc) is 3.01. The fraction of sp³-hybridized carbons (Fsp3) is 0.562. The van der Waals surface area contributed by atoms with Crippen molar-refractivity contribution in [3.05, 3.63) is 34.3 Å². The molecule has 1 N–H and O–H groups in total. The quantitative estimate of drug-likeness (QED) is 0.924. The van der Waals surface area contributed by atoms with Crippen molar-refractivity contribution in [1.29, 1.82) is 0 Å². The molecule has 1 aliphatic heterocycles. The van der Waals surface area contributed by atoms with Crippen LogP contribution in [-0.2, 0) is 11.2 Å². The summed E-state index contributed by atoms with van der Waals surface area (Å²) in [7, 11) is 0. The van der Waals surface area contributed by atoms with Crippen LogP contribution >= 0.6 is 11.6 Å². The third-order valence-electron chi connectivity index (χ3n) is 5.05. The van der Waals surface area contributed by atoms with E-state index in [9.17, 15) is 9.90 Å². The lowest BCUT2D eigenvalue weighted by Crippen LogP contribution is -2.51. The number of hydrogen-bond donors (Lipinski definition) is 1. The number of likely N-dealkylation sites (tertiary alicyclic amines) is 1. The molecule has 3 nitrogen and oxygen atoms in total. The summed E-state index contributed by atoms with van der Waals surface area (Å²) in [6.07, 6.45) is 4.40. The molecule has 4 heteroatoms. The van der Waals surface area contributed by atoms with Crippen LogP contribution in [0.5, 0.6) is 0 Å². The van der Waals surface area contributed by atoms with E-state index in [1.54, 1.807) is 0 Å². The first-order chi connectivity index (χ1) is 9.58. The van der Waals surface area contributed by atoms with Crippen LogP contribution in [0.15, 0.2) is 18.2 Å². The monoisotopic (exact) mass is 293 g/mol. The molecule has 0 amide bonds. The largest absolute Gasteiger partial charge is 0.480 e. The van der Waals surface area contributed by atoms with Crippen LogP contribution < -0.4 is 0 Å². The molecule has 2 atom stereocenters. The summed E-state index contributed by atoms with van der Waals surface area (Å²) >= 11 is 6.06. The number of aliphatic carboxylic acids is 1. The average molecular weight is 294 g/mol.